The van der Waals surface area contributed by atoms with E-state index in [-0.39, 0.29) is 0 Å². The third-order valence-electron chi connectivity index (χ3n) is 3.65. The molecule has 0 spiro atoms. The van der Waals surface area contributed by atoms with Crippen LogP contribution in [0.1, 0.15) is 30.1 Å². The second-order valence-corrected chi connectivity index (χ2v) is 5.41. The Bertz CT molecular complexity index is 523. The molecule has 0 unspecified atom stereocenters. The molecule has 5 heteroatoms. The van der Waals surface area contributed by atoms with E-state index in [1.165, 1.54) is 24.8 Å². The molecule has 0 radical (unpaired) electrons. The van der Waals surface area contributed by atoms with Gasteiger partial charge in [-0.2, -0.15) is 4.98 Å². The lowest BCUT2D eigenvalue weighted by molar-refractivity contribution is 0.291. The normalized spacial score (nSPS) is 22.2. The van der Waals surface area contributed by atoms with Crippen LogP contribution < -0.4 is 5.32 Å². The number of hydrogen-bond acceptors (Lipinski definition) is 4. The molecule has 0 saturated heterocycles. The highest BCUT2D eigenvalue weighted by Gasteiger charge is 2.29. The van der Waals surface area contributed by atoms with Gasteiger partial charge in [0.25, 0.3) is 0 Å². The lowest BCUT2D eigenvalue weighted by atomic mass is 9.76. The maximum atomic E-state index is 6.01. The zero-order valence-electron chi connectivity index (χ0n) is 10.6. The molecule has 1 heterocycles. The van der Waals surface area contributed by atoms with Crippen LogP contribution in [0.2, 0.25) is 5.02 Å². The molecule has 0 atom stereocenters. The Morgan fingerprint density at radius 1 is 1.37 bits per heavy atom. The van der Waals surface area contributed by atoms with Crippen LogP contribution >= 0.6 is 11.6 Å². The minimum Gasteiger partial charge on any atom is -0.343 e. The number of nitrogens with zero attached hydrogens (tertiary/aromatic N) is 2. The Balaban J connectivity index is 1.41. The molecule has 2 aromatic rings. The number of halogens is 1. The first-order valence-corrected chi connectivity index (χ1v) is 6.93. The van der Waals surface area contributed by atoms with Crippen molar-refractivity contribution in [3.05, 3.63) is 47.1 Å². The zero-order chi connectivity index (χ0) is 13.1. The van der Waals surface area contributed by atoms with Gasteiger partial charge in [0, 0.05) is 24.0 Å². The van der Waals surface area contributed by atoms with Gasteiger partial charge < -0.3 is 9.84 Å². The van der Waals surface area contributed by atoms with Crippen molar-refractivity contribution < 1.29 is 4.52 Å². The summed E-state index contributed by atoms with van der Waals surface area (Å²) in [5.41, 5.74) is 1.35. The number of rotatable bonds is 5. The summed E-state index contributed by atoms with van der Waals surface area (Å²) in [5.74, 6) is 1.40. The van der Waals surface area contributed by atoms with Crippen LogP contribution in [0, 0.1) is 0 Å². The molecule has 1 aromatic carbocycles. The highest BCUT2D eigenvalue weighted by molar-refractivity contribution is 6.30. The number of aromatic nitrogens is 2. The van der Waals surface area contributed by atoms with E-state index in [0.29, 0.717) is 12.0 Å². The Kier molecular flexibility index (Phi) is 3.80. The largest absolute Gasteiger partial charge is 0.343 e. The summed E-state index contributed by atoms with van der Waals surface area (Å²) in [7, 11) is 0. The summed E-state index contributed by atoms with van der Waals surface area (Å²) < 4.78 is 4.70. The molecule has 1 aliphatic carbocycles. The fourth-order valence-electron chi connectivity index (χ4n) is 2.51. The molecule has 1 fully saturated rings. The van der Waals surface area contributed by atoms with Gasteiger partial charge in [0.2, 0.25) is 6.39 Å². The maximum Gasteiger partial charge on any atom is 0.213 e. The zero-order valence-corrected chi connectivity index (χ0v) is 11.3. The summed E-state index contributed by atoms with van der Waals surface area (Å²) in [6.07, 6.45) is 4.53. The molecule has 100 valence electrons. The van der Waals surface area contributed by atoms with Crippen LogP contribution in [0.15, 0.2) is 35.2 Å². The smallest absolute Gasteiger partial charge is 0.213 e. The van der Waals surface area contributed by atoms with E-state index in [9.17, 15) is 0 Å². The highest BCUT2D eigenvalue weighted by Crippen LogP contribution is 2.37. The van der Waals surface area contributed by atoms with Crippen LogP contribution in [-0.4, -0.2) is 22.7 Å². The SMILES string of the molecule is Clc1cccc(C2CC(NCCc3ncon3)C2)c1. The van der Waals surface area contributed by atoms with Crippen LogP contribution in [0.4, 0.5) is 0 Å². The topological polar surface area (TPSA) is 51.0 Å². The Labute approximate surface area is 117 Å². The minimum absolute atomic E-state index is 0.593. The van der Waals surface area contributed by atoms with Crippen LogP contribution in [0.3, 0.4) is 0 Å². The van der Waals surface area contributed by atoms with Crippen LogP contribution in [0.25, 0.3) is 0 Å². The first-order chi connectivity index (χ1) is 9.31. The molecule has 1 N–H and O–H groups in total. The molecular weight excluding hydrogens is 262 g/mol. The van der Waals surface area contributed by atoms with E-state index < -0.39 is 0 Å². The molecule has 1 aliphatic rings. The predicted octanol–water partition coefficient (Wildman–Crippen LogP) is 2.80. The fourth-order valence-corrected chi connectivity index (χ4v) is 2.71. The van der Waals surface area contributed by atoms with E-state index in [1.807, 2.05) is 12.1 Å². The summed E-state index contributed by atoms with van der Waals surface area (Å²) in [5, 5.41) is 8.13. The van der Waals surface area contributed by atoms with E-state index in [1.54, 1.807) is 0 Å². The Morgan fingerprint density at radius 2 is 2.26 bits per heavy atom. The summed E-state index contributed by atoms with van der Waals surface area (Å²) in [4.78, 5) is 4.00. The Morgan fingerprint density at radius 3 is 3.00 bits per heavy atom. The van der Waals surface area contributed by atoms with Crippen LogP contribution in [-0.2, 0) is 6.42 Å². The standard InChI is InChI=1S/C14H16ClN3O/c15-12-3-1-2-10(6-12)11-7-13(8-11)16-5-4-14-17-9-19-18-14/h1-3,6,9,11,13,16H,4-5,7-8H2. The molecule has 3 rings (SSSR count). The van der Waals surface area contributed by atoms with Gasteiger partial charge >= 0.3 is 0 Å². The second-order valence-electron chi connectivity index (χ2n) is 4.97. The van der Waals surface area contributed by atoms with Crippen molar-refractivity contribution in [2.24, 2.45) is 0 Å². The second kappa shape index (κ2) is 5.72. The van der Waals surface area contributed by atoms with Crippen molar-refractivity contribution in [2.45, 2.75) is 31.2 Å². The van der Waals surface area contributed by atoms with E-state index in [0.717, 1.165) is 23.8 Å². The first-order valence-electron chi connectivity index (χ1n) is 6.55. The molecule has 4 nitrogen and oxygen atoms in total. The molecular formula is C14H16ClN3O. The van der Waals surface area contributed by atoms with Crippen LogP contribution in [0.5, 0.6) is 0 Å². The molecule has 0 amide bonds. The van der Waals surface area contributed by atoms with Crippen molar-refractivity contribution in [2.75, 3.05) is 6.54 Å². The van der Waals surface area contributed by atoms with Crippen molar-refractivity contribution in [3.8, 4) is 0 Å². The van der Waals surface area contributed by atoms with Crippen molar-refractivity contribution in [3.63, 3.8) is 0 Å². The summed E-state index contributed by atoms with van der Waals surface area (Å²) >= 11 is 6.01. The first kappa shape index (κ1) is 12.6. The molecule has 1 saturated carbocycles. The average Bonchev–Trinajstić information content (AvgIpc) is 2.85. The quantitative estimate of drug-likeness (QED) is 0.913. The van der Waals surface area contributed by atoms with Gasteiger partial charge in [-0.05, 0) is 36.5 Å². The number of benzene rings is 1. The van der Waals surface area contributed by atoms with Gasteiger partial charge in [-0.3, -0.25) is 0 Å². The summed E-state index contributed by atoms with van der Waals surface area (Å²) in [6, 6.07) is 8.77. The van der Waals surface area contributed by atoms with Crippen molar-refractivity contribution in [1.29, 1.82) is 0 Å². The lowest BCUT2D eigenvalue weighted by Gasteiger charge is -2.36. The maximum absolute atomic E-state index is 6.01. The van der Waals surface area contributed by atoms with E-state index in [4.69, 9.17) is 16.1 Å². The highest BCUT2D eigenvalue weighted by atomic mass is 35.5. The van der Waals surface area contributed by atoms with Gasteiger partial charge in [0.1, 0.15) is 0 Å². The third kappa shape index (κ3) is 3.14. The van der Waals surface area contributed by atoms with Crippen molar-refractivity contribution in [1.82, 2.24) is 15.5 Å². The van der Waals surface area contributed by atoms with Gasteiger partial charge in [-0.1, -0.05) is 28.9 Å². The predicted molar refractivity (Wildman–Crippen MR) is 73.2 cm³/mol. The average molecular weight is 278 g/mol. The Hall–Kier alpha value is -1.39. The molecule has 19 heavy (non-hydrogen) atoms. The lowest BCUT2D eigenvalue weighted by Crippen LogP contribution is -2.41. The number of hydrogen-bond donors (Lipinski definition) is 1. The monoisotopic (exact) mass is 277 g/mol. The molecule has 0 bridgehead atoms. The fraction of sp³-hybridized carbons (Fsp3) is 0.429. The van der Waals surface area contributed by atoms with Crippen molar-refractivity contribution >= 4 is 11.6 Å². The van der Waals surface area contributed by atoms with Gasteiger partial charge in [-0.15, -0.1) is 0 Å². The molecule has 1 aromatic heterocycles. The van der Waals surface area contributed by atoms with E-state index in [2.05, 4.69) is 27.6 Å². The van der Waals surface area contributed by atoms with Gasteiger partial charge in [-0.25, -0.2) is 0 Å². The third-order valence-corrected chi connectivity index (χ3v) is 3.88. The molecule has 0 aliphatic heterocycles. The van der Waals surface area contributed by atoms with Gasteiger partial charge in [0.15, 0.2) is 5.82 Å². The van der Waals surface area contributed by atoms with E-state index >= 15 is 0 Å². The minimum atomic E-state index is 0.593. The number of nitrogens with one attached hydrogen (secondary N) is 1. The summed E-state index contributed by atoms with van der Waals surface area (Å²) in [6.45, 7) is 0.895. The van der Waals surface area contributed by atoms with Gasteiger partial charge in [0.05, 0.1) is 0 Å².